The Hall–Kier alpha value is -2.62. The van der Waals surface area contributed by atoms with Crippen LogP contribution in [0.2, 0.25) is 0 Å². The number of anilines is 1. The molecule has 0 unspecified atom stereocenters. The van der Waals surface area contributed by atoms with Gasteiger partial charge in [-0.15, -0.1) is 5.10 Å². The van der Waals surface area contributed by atoms with Crippen LogP contribution in [0.5, 0.6) is 0 Å². The largest absolute Gasteiger partial charge is 0.408 e. The van der Waals surface area contributed by atoms with Crippen LogP contribution in [-0.2, 0) is 6.42 Å². The molecule has 0 amide bonds. The van der Waals surface area contributed by atoms with Gasteiger partial charge in [-0.1, -0.05) is 47.6 Å². The molecule has 0 atom stereocenters. The average molecular weight is 264 g/mol. The molecule has 0 fully saturated rings. The van der Waals surface area contributed by atoms with Crippen LogP contribution in [0.15, 0.2) is 46.9 Å². The molecule has 99 valence electrons. The SMILES string of the molecule is Cc1ccc(-c2cc[c]cc2)cc1Cc1nnc(N)o1. The molecular formula is C16H14N3O. The summed E-state index contributed by atoms with van der Waals surface area (Å²) in [5.74, 6) is 0.532. The third-order valence-corrected chi connectivity index (χ3v) is 3.22. The molecule has 1 radical (unpaired) electrons. The van der Waals surface area contributed by atoms with Gasteiger partial charge in [-0.3, -0.25) is 0 Å². The van der Waals surface area contributed by atoms with Crippen LogP contribution in [0.4, 0.5) is 6.01 Å². The van der Waals surface area contributed by atoms with E-state index in [-0.39, 0.29) is 6.01 Å². The second-order valence-corrected chi connectivity index (χ2v) is 4.64. The Bertz CT molecular complexity index is 720. The first-order valence-electron chi connectivity index (χ1n) is 6.36. The summed E-state index contributed by atoms with van der Waals surface area (Å²) in [5, 5.41) is 7.59. The first kappa shape index (κ1) is 12.4. The van der Waals surface area contributed by atoms with Crippen molar-refractivity contribution in [1.82, 2.24) is 10.2 Å². The monoisotopic (exact) mass is 264 g/mol. The van der Waals surface area contributed by atoms with E-state index in [0.29, 0.717) is 12.3 Å². The minimum absolute atomic E-state index is 0.104. The molecule has 4 nitrogen and oxygen atoms in total. The maximum Gasteiger partial charge on any atom is 0.312 e. The molecule has 0 aliphatic heterocycles. The number of benzene rings is 2. The first-order valence-corrected chi connectivity index (χ1v) is 6.36. The van der Waals surface area contributed by atoms with E-state index in [9.17, 15) is 0 Å². The van der Waals surface area contributed by atoms with Gasteiger partial charge in [0.25, 0.3) is 0 Å². The Labute approximate surface area is 117 Å². The van der Waals surface area contributed by atoms with E-state index in [0.717, 1.165) is 16.7 Å². The van der Waals surface area contributed by atoms with E-state index in [4.69, 9.17) is 10.2 Å². The molecule has 20 heavy (non-hydrogen) atoms. The van der Waals surface area contributed by atoms with Gasteiger partial charge < -0.3 is 10.2 Å². The highest BCUT2D eigenvalue weighted by Crippen LogP contribution is 2.23. The Morgan fingerprint density at radius 2 is 1.90 bits per heavy atom. The van der Waals surface area contributed by atoms with Crippen LogP contribution in [0, 0.1) is 13.0 Å². The Kier molecular flexibility index (Phi) is 3.21. The minimum Gasteiger partial charge on any atom is -0.408 e. The normalized spacial score (nSPS) is 10.7. The number of nitrogens with zero attached hydrogens (tertiary/aromatic N) is 2. The molecule has 3 aromatic rings. The number of nitrogens with two attached hydrogens (primary N) is 1. The number of hydrogen-bond donors (Lipinski definition) is 1. The Balaban J connectivity index is 1.95. The van der Waals surface area contributed by atoms with Gasteiger partial charge in [-0.25, -0.2) is 0 Å². The molecule has 1 heterocycles. The third-order valence-electron chi connectivity index (χ3n) is 3.22. The van der Waals surface area contributed by atoms with Crippen molar-refractivity contribution in [1.29, 1.82) is 0 Å². The van der Waals surface area contributed by atoms with Gasteiger partial charge in [0.1, 0.15) is 0 Å². The fourth-order valence-electron chi connectivity index (χ4n) is 2.12. The van der Waals surface area contributed by atoms with E-state index in [1.54, 1.807) is 0 Å². The molecular weight excluding hydrogens is 250 g/mol. The fraction of sp³-hybridized carbons (Fsp3) is 0.125. The topological polar surface area (TPSA) is 64.9 Å². The maximum absolute atomic E-state index is 5.45. The highest BCUT2D eigenvalue weighted by Gasteiger charge is 2.08. The second kappa shape index (κ2) is 5.17. The lowest BCUT2D eigenvalue weighted by Gasteiger charge is -2.07. The van der Waals surface area contributed by atoms with Crippen LogP contribution in [0.1, 0.15) is 17.0 Å². The predicted molar refractivity (Wildman–Crippen MR) is 77.0 cm³/mol. The smallest absolute Gasteiger partial charge is 0.312 e. The number of aromatic nitrogens is 2. The van der Waals surface area contributed by atoms with Crippen molar-refractivity contribution < 1.29 is 4.42 Å². The standard InChI is InChI=1S/C16H14N3O/c1-11-7-8-13(12-5-3-2-4-6-12)9-14(11)10-15-18-19-16(17)20-15/h3-9H,10H2,1H3,(H2,17,19). The van der Waals surface area contributed by atoms with Crippen molar-refractivity contribution >= 4 is 6.01 Å². The van der Waals surface area contributed by atoms with Gasteiger partial charge in [0.2, 0.25) is 5.89 Å². The molecule has 0 aliphatic rings. The van der Waals surface area contributed by atoms with Gasteiger partial charge >= 0.3 is 6.01 Å². The molecule has 1 aromatic heterocycles. The number of rotatable bonds is 3. The second-order valence-electron chi connectivity index (χ2n) is 4.64. The van der Waals surface area contributed by atoms with E-state index in [2.05, 4.69) is 41.4 Å². The van der Waals surface area contributed by atoms with Crippen molar-refractivity contribution in [3.8, 4) is 11.1 Å². The van der Waals surface area contributed by atoms with Crippen molar-refractivity contribution in [2.45, 2.75) is 13.3 Å². The van der Waals surface area contributed by atoms with Gasteiger partial charge in [0, 0.05) is 0 Å². The summed E-state index contributed by atoms with van der Waals surface area (Å²) < 4.78 is 5.24. The summed E-state index contributed by atoms with van der Waals surface area (Å²) in [7, 11) is 0. The van der Waals surface area contributed by atoms with Crippen molar-refractivity contribution in [3.63, 3.8) is 0 Å². The summed E-state index contributed by atoms with van der Waals surface area (Å²) in [5.41, 5.74) is 10.1. The molecule has 4 heteroatoms. The van der Waals surface area contributed by atoms with E-state index in [1.165, 1.54) is 5.56 Å². The summed E-state index contributed by atoms with van der Waals surface area (Å²) >= 11 is 0. The molecule has 0 saturated heterocycles. The van der Waals surface area contributed by atoms with Gasteiger partial charge in [-0.2, -0.15) is 0 Å². The molecule has 2 aromatic carbocycles. The average Bonchev–Trinajstić information content (AvgIpc) is 2.88. The minimum atomic E-state index is 0.104. The quantitative estimate of drug-likeness (QED) is 0.789. The number of aryl methyl sites for hydroxylation is 1. The summed E-state index contributed by atoms with van der Waals surface area (Å²) in [6, 6.07) is 17.4. The molecule has 0 saturated carbocycles. The third kappa shape index (κ3) is 2.54. The van der Waals surface area contributed by atoms with Crippen LogP contribution >= 0.6 is 0 Å². The van der Waals surface area contributed by atoms with Crippen LogP contribution in [-0.4, -0.2) is 10.2 Å². The molecule has 0 spiro atoms. The zero-order valence-electron chi connectivity index (χ0n) is 11.1. The van der Waals surface area contributed by atoms with E-state index >= 15 is 0 Å². The lowest BCUT2D eigenvalue weighted by Crippen LogP contribution is -1.93. The van der Waals surface area contributed by atoms with Gasteiger partial charge in [0.15, 0.2) is 0 Å². The van der Waals surface area contributed by atoms with E-state index < -0.39 is 0 Å². The fourth-order valence-corrected chi connectivity index (χ4v) is 2.12. The lowest BCUT2D eigenvalue weighted by molar-refractivity contribution is 0.522. The van der Waals surface area contributed by atoms with Gasteiger partial charge in [-0.05, 0) is 35.2 Å². The Morgan fingerprint density at radius 1 is 1.10 bits per heavy atom. The summed E-state index contributed by atoms with van der Waals surface area (Å²) in [4.78, 5) is 0. The van der Waals surface area contributed by atoms with Crippen molar-refractivity contribution in [2.75, 3.05) is 5.73 Å². The van der Waals surface area contributed by atoms with Crippen molar-refractivity contribution in [2.24, 2.45) is 0 Å². The number of nitrogen functional groups attached to an aromatic ring is 1. The molecule has 2 N–H and O–H groups in total. The van der Waals surface area contributed by atoms with Crippen LogP contribution < -0.4 is 5.73 Å². The number of hydrogen-bond acceptors (Lipinski definition) is 4. The zero-order valence-corrected chi connectivity index (χ0v) is 11.1. The molecule has 0 bridgehead atoms. The van der Waals surface area contributed by atoms with Crippen LogP contribution in [0.25, 0.3) is 11.1 Å². The predicted octanol–water partition coefficient (Wildman–Crippen LogP) is 3.02. The molecule has 0 aliphatic carbocycles. The summed E-state index contributed by atoms with van der Waals surface area (Å²) in [6.45, 7) is 2.07. The molecule has 3 rings (SSSR count). The highest BCUT2D eigenvalue weighted by molar-refractivity contribution is 5.64. The highest BCUT2D eigenvalue weighted by atomic mass is 16.4. The lowest BCUT2D eigenvalue weighted by atomic mass is 9.98. The van der Waals surface area contributed by atoms with Gasteiger partial charge in [0.05, 0.1) is 6.42 Å². The van der Waals surface area contributed by atoms with E-state index in [1.807, 2.05) is 24.3 Å². The summed E-state index contributed by atoms with van der Waals surface area (Å²) in [6.07, 6.45) is 0.586. The Morgan fingerprint density at radius 3 is 2.60 bits per heavy atom. The van der Waals surface area contributed by atoms with Crippen LogP contribution in [0.3, 0.4) is 0 Å². The maximum atomic E-state index is 5.45. The van der Waals surface area contributed by atoms with Crippen molar-refractivity contribution in [3.05, 3.63) is 65.5 Å². The zero-order chi connectivity index (χ0) is 13.9. The first-order chi connectivity index (χ1) is 9.72.